The number of likely N-dealkylation sites (N-methyl/N-ethyl adjacent to an activating group) is 1. The van der Waals surface area contributed by atoms with E-state index < -0.39 is 5.60 Å². The van der Waals surface area contributed by atoms with Crippen molar-refractivity contribution in [2.75, 3.05) is 38.8 Å². The fraction of sp³-hybridized carbons (Fsp3) is 0.615. The lowest BCUT2D eigenvalue weighted by Crippen LogP contribution is -2.46. The van der Waals surface area contributed by atoms with E-state index in [1.807, 2.05) is 24.1 Å². The fourth-order valence-electron chi connectivity index (χ4n) is 2.25. The number of rotatable bonds is 4. The van der Waals surface area contributed by atoms with Gasteiger partial charge in [0, 0.05) is 45.8 Å². The van der Waals surface area contributed by atoms with Gasteiger partial charge in [-0.15, -0.1) is 0 Å². The zero-order valence-electron chi connectivity index (χ0n) is 10.9. The molecule has 0 atom stereocenters. The highest BCUT2D eigenvalue weighted by molar-refractivity contribution is 5.51. The van der Waals surface area contributed by atoms with E-state index in [1.165, 1.54) is 0 Å². The van der Waals surface area contributed by atoms with Crippen LogP contribution in [0.25, 0.3) is 0 Å². The van der Waals surface area contributed by atoms with E-state index in [4.69, 9.17) is 9.47 Å². The van der Waals surface area contributed by atoms with Crippen LogP contribution in [0.2, 0.25) is 0 Å². The van der Waals surface area contributed by atoms with E-state index in [2.05, 4.69) is 4.98 Å². The number of aliphatic hydroxyl groups is 1. The smallest absolute Gasteiger partial charge is 0.171 e. The molecule has 0 aromatic carbocycles. The predicted octanol–water partition coefficient (Wildman–Crippen LogP) is 1.07. The second-order valence-electron chi connectivity index (χ2n) is 4.72. The average Bonchev–Trinajstić information content (AvgIpc) is 2.39. The summed E-state index contributed by atoms with van der Waals surface area (Å²) >= 11 is 0. The maximum Gasteiger partial charge on any atom is 0.171 e. The molecule has 18 heavy (non-hydrogen) atoms. The minimum absolute atomic E-state index is 0.531. The largest absolute Gasteiger partial charge is 0.493 e. The Labute approximate surface area is 107 Å². The van der Waals surface area contributed by atoms with Crippen LogP contribution in [0.1, 0.15) is 12.8 Å². The van der Waals surface area contributed by atoms with Crippen molar-refractivity contribution < 1.29 is 14.6 Å². The Hall–Kier alpha value is -1.33. The van der Waals surface area contributed by atoms with Crippen LogP contribution in [-0.2, 0) is 4.74 Å². The molecule has 1 aliphatic heterocycles. The molecule has 1 saturated heterocycles. The molecule has 1 aliphatic rings. The van der Waals surface area contributed by atoms with Crippen molar-refractivity contribution in [3.05, 3.63) is 18.3 Å². The first-order valence-electron chi connectivity index (χ1n) is 6.15. The lowest BCUT2D eigenvalue weighted by atomic mass is 9.94. The van der Waals surface area contributed by atoms with E-state index in [-0.39, 0.29) is 0 Å². The number of methoxy groups -OCH3 is 1. The van der Waals surface area contributed by atoms with Gasteiger partial charge in [0.05, 0.1) is 12.7 Å². The number of hydrogen-bond acceptors (Lipinski definition) is 5. The van der Waals surface area contributed by atoms with Crippen molar-refractivity contribution >= 4 is 5.82 Å². The first-order chi connectivity index (χ1) is 8.64. The van der Waals surface area contributed by atoms with Crippen LogP contribution in [0, 0.1) is 0 Å². The van der Waals surface area contributed by atoms with Crippen LogP contribution < -0.4 is 9.64 Å². The summed E-state index contributed by atoms with van der Waals surface area (Å²) in [6.07, 6.45) is 3.04. The summed E-state index contributed by atoms with van der Waals surface area (Å²) in [5.41, 5.74) is -0.699. The maximum atomic E-state index is 10.5. The molecule has 0 saturated carbocycles. The van der Waals surface area contributed by atoms with Crippen molar-refractivity contribution in [1.82, 2.24) is 4.98 Å². The highest BCUT2D eigenvalue weighted by Crippen LogP contribution is 2.28. The van der Waals surface area contributed by atoms with Gasteiger partial charge in [0.2, 0.25) is 0 Å². The highest BCUT2D eigenvalue weighted by atomic mass is 16.5. The first-order valence-corrected chi connectivity index (χ1v) is 6.15. The second-order valence-corrected chi connectivity index (χ2v) is 4.72. The number of anilines is 1. The number of ether oxygens (including phenoxy) is 2. The molecule has 1 aromatic rings. The van der Waals surface area contributed by atoms with Gasteiger partial charge in [-0.3, -0.25) is 0 Å². The van der Waals surface area contributed by atoms with Gasteiger partial charge in [-0.1, -0.05) is 0 Å². The Balaban J connectivity index is 2.08. The monoisotopic (exact) mass is 252 g/mol. The third-order valence-corrected chi connectivity index (χ3v) is 3.29. The van der Waals surface area contributed by atoms with Crippen LogP contribution in [-0.4, -0.2) is 49.6 Å². The average molecular weight is 252 g/mol. The topological polar surface area (TPSA) is 54.8 Å². The lowest BCUT2D eigenvalue weighted by Gasteiger charge is -2.36. The van der Waals surface area contributed by atoms with Gasteiger partial charge < -0.3 is 19.5 Å². The summed E-state index contributed by atoms with van der Waals surface area (Å²) in [5.74, 6) is 1.47. The van der Waals surface area contributed by atoms with E-state index in [0.29, 0.717) is 32.6 Å². The number of pyridine rings is 1. The number of hydrogen-bond donors (Lipinski definition) is 1. The number of nitrogens with zero attached hydrogens (tertiary/aromatic N) is 2. The van der Waals surface area contributed by atoms with Crippen LogP contribution in [0.3, 0.4) is 0 Å². The van der Waals surface area contributed by atoms with Crippen molar-refractivity contribution in [1.29, 1.82) is 0 Å². The minimum Gasteiger partial charge on any atom is -0.493 e. The zero-order valence-corrected chi connectivity index (χ0v) is 10.9. The minimum atomic E-state index is -0.699. The van der Waals surface area contributed by atoms with Gasteiger partial charge in [-0.2, -0.15) is 0 Å². The SMILES string of the molecule is COc1cccnc1N(C)CC1(O)CCOCC1. The first kappa shape index (κ1) is 13.1. The van der Waals surface area contributed by atoms with Crippen molar-refractivity contribution in [3.63, 3.8) is 0 Å². The van der Waals surface area contributed by atoms with Gasteiger partial charge in [0.25, 0.3) is 0 Å². The molecule has 0 unspecified atom stereocenters. The maximum absolute atomic E-state index is 10.5. The summed E-state index contributed by atoms with van der Waals surface area (Å²) in [7, 11) is 3.54. The summed E-state index contributed by atoms with van der Waals surface area (Å²) in [4.78, 5) is 6.24. The van der Waals surface area contributed by atoms with Gasteiger partial charge in [-0.25, -0.2) is 4.98 Å². The Morgan fingerprint density at radius 2 is 2.22 bits per heavy atom. The zero-order chi connectivity index (χ0) is 13.0. The molecule has 2 heterocycles. The standard InChI is InChI=1S/C13H20N2O3/c1-15(10-13(16)5-8-18-9-6-13)12-11(17-2)4-3-7-14-12/h3-4,7,16H,5-6,8-10H2,1-2H3. The third kappa shape index (κ3) is 2.91. The molecule has 0 spiro atoms. The molecule has 0 amide bonds. The fourth-order valence-corrected chi connectivity index (χ4v) is 2.25. The Kier molecular flexibility index (Phi) is 4.04. The molecule has 1 N–H and O–H groups in total. The molecular weight excluding hydrogens is 232 g/mol. The van der Waals surface area contributed by atoms with Gasteiger partial charge in [0.15, 0.2) is 11.6 Å². The summed E-state index contributed by atoms with van der Waals surface area (Å²) in [6.45, 7) is 1.76. The summed E-state index contributed by atoms with van der Waals surface area (Å²) < 4.78 is 10.6. The van der Waals surface area contributed by atoms with Gasteiger partial charge in [0.1, 0.15) is 0 Å². The molecule has 0 bridgehead atoms. The van der Waals surface area contributed by atoms with E-state index in [1.54, 1.807) is 13.3 Å². The second kappa shape index (κ2) is 5.54. The van der Waals surface area contributed by atoms with E-state index in [0.717, 1.165) is 11.6 Å². The predicted molar refractivity (Wildman–Crippen MR) is 69.1 cm³/mol. The lowest BCUT2D eigenvalue weighted by molar-refractivity contribution is -0.0573. The molecule has 5 heteroatoms. The molecule has 0 aliphatic carbocycles. The third-order valence-electron chi connectivity index (χ3n) is 3.29. The van der Waals surface area contributed by atoms with Gasteiger partial charge >= 0.3 is 0 Å². The highest BCUT2D eigenvalue weighted by Gasteiger charge is 2.31. The number of aromatic nitrogens is 1. The van der Waals surface area contributed by atoms with Crippen molar-refractivity contribution in [2.24, 2.45) is 0 Å². The molecule has 5 nitrogen and oxygen atoms in total. The van der Waals surface area contributed by atoms with Gasteiger partial charge in [-0.05, 0) is 12.1 Å². The van der Waals surface area contributed by atoms with Crippen LogP contribution in [0.4, 0.5) is 5.82 Å². The van der Waals surface area contributed by atoms with E-state index >= 15 is 0 Å². The Morgan fingerprint density at radius 3 is 2.89 bits per heavy atom. The van der Waals surface area contributed by atoms with E-state index in [9.17, 15) is 5.11 Å². The summed E-state index contributed by atoms with van der Waals surface area (Å²) in [6, 6.07) is 3.70. The quantitative estimate of drug-likeness (QED) is 0.868. The molecule has 100 valence electrons. The molecule has 0 radical (unpaired) electrons. The van der Waals surface area contributed by atoms with Crippen molar-refractivity contribution in [3.8, 4) is 5.75 Å². The molecule has 2 rings (SSSR count). The summed E-state index contributed by atoms with van der Waals surface area (Å²) in [5, 5.41) is 10.5. The molecule has 1 aromatic heterocycles. The van der Waals surface area contributed by atoms with Crippen LogP contribution in [0.15, 0.2) is 18.3 Å². The Morgan fingerprint density at radius 1 is 1.50 bits per heavy atom. The Bertz CT molecular complexity index is 392. The van der Waals surface area contributed by atoms with Crippen LogP contribution >= 0.6 is 0 Å². The molecule has 1 fully saturated rings. The van der Waals surface area contributed by atoms with Crippen LogP contribution in [0.5, 0.6) is 5.75 Å². The molecular formula is C13H20N2O3. The van der Waals surface area contributed by atoms with Crippen molar-refractivity contribution in [2.45, 2.75) is 18.4 Å². The normalized spacial score (nSPS) is 18.4.